The van der Waals surface area contributed by atoms with Crippen LogP contribution in [0.3, 0.4) is 0 Å². The highest BCUT2D eigenvalue weighted by Gasteiger charge is 2.27. The van der Waals surface area contributed by atoms with Gasteiger partial charge in [0, 0.05) is 19.0 Å². The number of ether oxygens (including phenoxy) is 1. The van der Waals surface area contributed by atoms with E-state index in [1.165, 1.54) is 0 Å². The minimum absolute atomic E-state index is 0.102. The third-order valence-electron chi connectivity index (χ3n) is 4.85. The van der Waals surface area contributed by atoms with E-state index in [-0.39, 0.29) is 11.9 Å². The summed E-state index contributed by atoms with van der Waals surface area (Å²) in [4.78, 5) is 22.7. The van der Waals surface area contributed by atoms with Gasteiger partial charge in [0.25, 0.3) is 0 Å². The van der Waals surface area contributed by atoms with Crippen LogP contribution in [0.2, 0.25) is 0 Å². The van der Waals surface area contributed by atoms with Gasteiger partial charge in [0.05, 0.1) is 23.8 Å². The van der Waals surface area contributed by atoms with Crippen molar-refractivity contribution in [1.29, 1.82) is 0 Å². The Bertz CT molecular complexity index is 888. The standard InChI is InChI=1S/C20H22N4O2/c1-26-18-11-5-4-10-17(18)23-20(25)24-12-6-7-14(13-24)19-21-15-8-2-3-9-16(15)22-19/h2-5,8-11,14H,6-7,12-13H2,1H3,(H,21,22)(H,23,25). The Hall–Kier alpha value is -3.02. The van der Waals surface area contributed by atoms with Crippen molar-refractivity contribution in [3.8, 4) is 5.75 Å². The van der Waals surface area contributed by atoms with Crippen molar-refractivity contribution in [3.05, 3.63) is 54.4 Å². The number of nitrogens with one attached hydrogen (secondary N) is 2. The van der Waals surface area contributed by atoms with E-state index in [0.29, 0.717) is 18.0 Å². The number of imidazole rings is 1. The van der Waals surface area contributed by atoms with Gasteiger partial charge >= 0.3 is 6.03 Å². The summed E-state index contributed by atoms with van der Waals surface area (Å²) in [6, 6.07) is 15.4. The average Bonchev–Trinajstić information content (AvgIpc) is 3.13. The minimum atomic E-state index is -0.102. The summed E-state index contributed by atoms with van der Waals surface area (Å²) in [6.07, 6.45) is 1.99. The molecule has 2 aromatic carbocycles. The Morgan fingerprint density at radius 1 is 1.23 bits per heavy atom. The molecule has 0 radical (unpaired) electrons. The molecule has 6 nitrogen and oxygen atoms in total. The molecule has 134 valence electrons. The molecule has 1 saturated heterocycles. The molecule has 1 aliphatic heterocycles. The molecule has 1 unspecified atom stereocenters. The summed E-state index contributed by atoms with van der Waals surface area (Å²) in [7, 11) is 1.60. The Labute approximate surface area is 152 Å². The number of aromatic nitrogens is 2. The first-order chi connectivity index (χ1) is 12.7. The zero-order valence-corrected chi connectivity index (χ0v) is 14.7. The molecule has 2 amide bonds. The number of piperidine rings is 1. The van der Waals surface area contributed by atoms with E-state index < -0.39 is 0 Å². The van der Waals surface area contributed by atoms with Crippen LogP contribution < -0.4 is 10.1 Å². The van der Waals surface area contributed by atoms with Gasteiger partial charge in [0.2, 0.25) is 0 Å². The van der Waals surface area contributed by atoms with E-state index in [9.17, 15) is 4.79 Å². The molecular weight excluding hydrogens is 328 g/mol. The second-order valence-corrected chi connectivity index (χ2v) is 6.55. The number of likely N-dealkylation sites (tertiary alicyclic amines) is 1. The van der Waals surface area contributed by atoms with Gasteiger partial charge in [0.15, 0.2) is 0 Å². The zero-order chi connectivity index (χ0) is 17.9. The Morgan fingerprint density at radius 2 is 2.04 bits per heavy atom. The quantitative estimate of drug-likeness (QED) is 0.750. The van der Waals surface area contributed by atoms with Gasteiger partial charge in [-0.05, 0) is 37.1 Å². The van der Waals surface area contributed by atoms with Gasteiger partial charge in [-0.1, -0.05) is 24.3 Å². The molecule has 1 fully saturated rings. The molecule has 4 rings (SSSR count). The predicted molar refractivity (Wildman–Crippen MR) is 102 cm³/mol. The molecule has 3 aromatic rings. The fourth-order valence-corrected chi connectivity index (χ4v) is 3.49. The lowest BCUT2D eigenvalue weighted by Crippen LogP contribution is -2.41. The van der Waals surface area contributed by atoms with Crippen LogP contribution >= 0.6 is 0 Å². The lowest BCUT2D eigenvalue weighted by Gasteiger charge is -2.32. The third kappa shape index (κ3) is 3.22. The monoisotopic (exact) mass is 350 g/mol. The molecule has 26 heavy (non-hydrogen) atoms. The third-order valence-corrected chi connectivity index (χ3v) is 4.85. The summed E-state index contributed by atoms with van der Waals surface area (Å²) in [6.45, 7) is 1.40. The van der Waals surface area contributed by atoms with Crippen LogP contribution in [0, 0.1) is 0 Å². The largest absolute Gasteiger partial charge is 0.495 e. The van der Waals surface area contributed by atoms with Crippen LogP contribution in [0.5, 0.6) is 5.75 Å². The molecule has 0 aliphatic carbocycles. The first kappa shape index (κ1) is 16.4. The Morgan fingerprint density at radius 3 is 2.88 bits per heavy atom. The summed E-state index contributed by atoms with van der Waals surface area (Å²) >= 11 is 0. The summed E-state index contributed by atoms with van der Waals surface area (Å²) in [5, 5.41) is 2.96. The smallest absolute Gasteiger partial charge is 0.321 e. The number of fused-ring (bicyclic) bond motifs is 1. The van der Waals surface area contributed by atoms with Crippen molar-refractivity contribution < 1.29 is 9.53 Å². The van der Waals surface area contributed by atoms with Gasteiger partial charge in [0.1, 0.15) is 11.6 Å². The maximum absolute atomic E-state index is 12.7. The van der Waals surface area contributed by atoms with Gasteiger partial charge in [-0.25, -0.2) is 9.78 Å². The number of aromatic amines is 1. The number of methoxy groups -OCH3 is 1. The molecule has 2 N–H and O–H groups in total. The number of benzene rings is 2. The van der Waals surface area contributed by atoms with Gasteiger partial charge in [-0.2, -0.15) is 0 Å². The van der Waals surface area contributed by atoms with Crippen molar-refractivity contribution >= 4 is 22.8 Å². The van der Waals surface area contributed by atoms with Crippen LogP contribution in [0.4, 0.5) is 10.5 Å². The van der Waals surface area contributed by atoms with Gasteiger partial charge in [-0.15, -0.1) is 0 Å². The molecule has 0 bridgehead atoms. The van der Waals surface area contributed by atoms with E-state index in [0.717, 1.165) is 36.2 Å². The number of rotatable bonds is 3. The van der Waals surface area contributed by atoms with E-state index in [1.54, 1.807) is 7.11 Å². The molecule has 1 atom stereocenters. The number of urea groups is 1. The van der Waals surface area contributed by atoms with E-state index in [1.807, 2.05) is 53.4 Å². The highest BCUT2D eigenvalue weighted by Crippen LogP contribution is 2.28. The fourth-order valence-electron chi connectivity index (χ4n) is 3.49. The molecular formula is C20H22N4O2. The summed E-state index contributed by atoms with van der Waals surface area (Å²) in [5.74, 6) is 1.84. The Kier molecular flexibility index (Phi) is 4.48. The molecule has 0 spiro atoms. The highest BCUT2D eigenvalue weighted by atomic mass is 16.5. The fraction of sp³-hybridized carbons (Fsp3) is 0.300. The molecule has 2 heterocycles. The zero-order valence-electron chi connectivity index (χ0n) is 14.7. The molecule has 1 aliphatic rings. The summed E-state index contributed by atoms with van der Waals surface area (Å²) < 4.78 is 5.31. The number of amides is 2. The molecule has 6 heteroatoms. The van der Waals surface area contributed by atoms with Crippen molar-refractivity contribution in [1.82, 2.24) is 14.9 Å². The second-order valence-electron chi connectivity index (χ2n) is 6.55. The number of carbonyl (C=O) groups is 1. The number of hydrogen-bond acceptors (Lipinski definition) is 3. The van der Waals surface area contributed by atoms with E-state index in [2.05, 4.69) is 10.3 Å². The number of nitrogens with zero attached hydrogens (tertiary/aromatic N) is 2. The van der Waals surface area contributed by atoms with Crippen molar-refractivity contribution in [3.63, 3.8) is 0 Å². The highest BCUT2D eigenvalue weighted by molar-refractivity contribution is 5.91. The van der Waals surface area contributed by atoms with Gasteiger partial charge in [-0.3, -0.25) is 0 Å². The first-order valence-electron chi connectivity index (χ1n) is 8.88. The van der Waals surface area contributed by atoms with Crippen molar-refractivity contribution in [2.75, 3.05) is 25.5 Å². The van der Waals surface area contributed by atoms with Crippen LogP contribution in [-0.4, -0.2) is 41.1 Å². The summed E-state index contributed by atoms with van der Waals surface area (Å²) in [5.41, 5.74) is 2.70. The topological polar surface area (TPSA) is 70.2 Å². The predicted octanol–water partition coefficient (Wildman–Crippen LogP) is 3.98. The van der Waals surface area contributed by atoms with Crippen molar-refractivity contribution in [2.24, 2.45) is 0 Å². The number of H-pyrrole nitrogens is 1. The lowest BCUT2D eigenvalue weighted by molar-refractivity contribution is 0.191. The van der Waals surface area contributed by atoms with Crippen molar-refractivity contribution in [2.45, 2.75) is 18.8 Å². The number of para-hydroxylation sites is 4. The number of anilines is 1. The normalized spacial score (nSPS) is 17.3. The first-order valence-corrected chi connectivity index (χ1v) is 8.88. The second kappa shape index (κ2) is 7.07. The maximum atomic E-state index is 12.7. The lowest BCUT2D eigenvalue weighted by atomic mass is 9.97. The number of carbonyl (C=O) groups excluding carboxylic acids is 1. The van der Waals surface area contributed by atoms with Crippen LogP contribution in [-0.2, 0) is 0 Å². The average molecular weight is 350 g/mol. The SMILES string of the molecule is COc1ccccc1NC(=O)N1CCCC(c2nc3ccccc3[nH]2)C1. The maximum Gasteiger partial charge on any atom is 0.321 e. The van der Waals surface area contributed by atoms with Crippen LogP contribution in [0.15, 0.2) is 48.5 Å². The van der Waals surface area contributed by atoms with Gasteiger partial charge < -0.3 is 19.9 Å². The Balaban J connectivity index is 1.48. The number of hydrogen-bond donors (Lipinski definition) is 2. The van der Waals surface area contributed by atoms with Crippen LogP contribution in [0.25, 0.3) is 11.0 Å². The van der Waals surface area contributed by atoms with E-state index in [4.69, 9.17) is 9.72 Å². The molecule has 0 saturated carbocycles. The van der Waals surface area contributed by atoms with E-state index >= 15 is 0 Å². The van der Waals surface area contributed by atoms with Crippen LogP contribution in [0.1, 0.15) is 24.6 Å². The minimum Gasteiger partial charge on any atom is -0.495 e. The molecule has 1 aromatic heterocycles.